The van der Waals surface area contributed by atoms with E-state index in [0.29, 0.717) is 5.75 Å². The van der Waals surface area contributed by atoms with E-state index in [4.69, 9.17) is 9.84 Å². The first-order valence-corrected chi connectivity index (χ1v) is 6.74. The first kappa shape index (κ1) is 16.8. The Balaban J connectivity index is 2.67. The number of carboxylic acids is 1. The van der Waals surface area contributed by atoms with Crippen molar-refractivity contribution in [2.24, 2.45) is 5.92 Å². The van der Waals surface area contributed by atoms with Gasteiger partial charge in [-0.15, -0.1) is 0 Å². The van der Waals surface area contributed by atoms with Gasteiger partial charge >= 0.3 is 12.0 Å². The number of rotatable bonds is 6. The third-order valence-electron chi connectivity index (χ3n) is 3.26. The van der Waals surface area contributed by atoms with Crippen LogP contribution in [0.25, 0.3) is 0 Å². The smallest absolute Gasteiger partial charge is 0.317 e. The molecule has 0 aliphatic carbocycles. The Bertz CT molecular complexity index is 504. The highest BCUT2D eigenvalue weighted by atomic mass is 16.5. The van der Waals surface area contributed by atoms with Crippen LogP contribution in [0.2, 0.25) is 0 Å². The molecule has 2 atom stereocenters. The summed E-state index contributed by atoms with van der Waals surface area (Å²) in [7, 11) is 3.15. The van der Waals surface area contributed by atoms with E-state index >= 15 is 0 Å². The molecule has 6 heteroatoms. The normalized spacial score (nSPS) is 13.1. The molecular weight excluding hydrogens is 272 g/mol. The highest BCUT2D eigenvalue weighted by Crippen LogP contribution is 2.24. The van der Waals surface area contributed by atoms with Crippen LogP contribution in [0.4, 0.5) is 4.79 Å². The number of nitrogens with one attached hydrogen (secondary N) is 1. The molecule has 21 heavy (non-hydrogen) atoms. The van der Waals surface area contributed by atoms with Gasteiger partial charge in [0, 0.05) is 19.2 Å². The van der Waals surface area contributed by atoms with Gasteiger partial charge in [0.2, 0.25) is 0 Å². The number of carboxylic acid groups (broad SMARTS) is 1. The number of carbonyl (C=O) groups is 2. The molecule has 1 rings (SSSR count). The summed E-state index contributed by atoms with van der Waals surface area (Å²) in [6.07, 6.45) is 0. The SMILES string of the molecule is COc1ccccc1C(C)NC(=O)N(C)CC(C)C(=O)O. The van der Waals surface area contributed by atoms with Crippen molar-refractivity contribution in [3.05, 3.63) is 29.8 Å². The molecule has 0 heterocycles. The largest absolute Gasteiger partial charge is 0.496 e. The van der Waals surface area contributed by atoms with Crippen molar-refractivity contribution in [1.82, 2.24) is 10.2 Å². The maximum atomic E-state index is 12.1. The number of ether oxygens (including phenoxy) is 1. The lowest BCUT2D eigenvalue weighted by molar-refractivity contribution is -0.141. The van der Waals surface area contributed by atoms with E-state index in [2.05, 4.69) is 5.32 Å². The maximum absolute atomic E-state index is 12.1. The molecule has 2 unspecified atom stereocenters. The molecule has 0 fully saturated rings. The van der Waals surface area contributed by atoms with Gasteiger partial charge in [0.25, 0.3) is 0 Å². The van der Waals surface area contributed by atoms with Gasteiger partial charge in [-0.05, 0) is 13.0 Å². The molecule has 0 bridgehead atoms. The summed E-state index contributed by atoms with van der Waals surface area (Å²) in [5, 5.41) is 11.7. The van der Waals surface area contributed by atoms with Gasteiger partial charge in [0.1, 0.15) is 5.75 Å². The van der Waals surface area contributed by atoms with Crippen LogP contribution in [0, 0.1) is 5.92 Å². The van der Waals surface area contributed by atoms with Crippen LogP contribution in [0.3, 0.4) is 0 Å². The fraction of sp³-hybridized carbons (Fsp3) is 0.467. The van der Waals surface area contributed by atoms with Crippen molar-refractivity contribution in [1.29, 1.82) is 0 Å². The highest BCUT2D eigenvalue weighted by Gasteiger charge is 2.20. The molecule has 2 amide bonds. The second-order valence-corrected chi connectivity index (χ2v) is 5.03. The Labute approximate surface area is 124 Å². The fourth-order valence-electron chi connectivity index (χ4n) is 1.97. The van der Waals surface area contributed by atoms with Gasteiger partial charge in [0.15, 0.2) is 0 Å². The zero-order valence-corrected chi connectivity index (χ0v) is 12.8. The predicted octanol–water partition coefficient (Wildman–Crippen LogP) is 2.12. The zero-order chi connectivity index (χ0) is 16.0. The summed E-state index contributed by atoms with van der Waals surface area (Å²) in [4.78, 5) is 24.2. The molecule has 6 nitrogen and oxygen atoms in total. The highest BCUT2D eigenvalue weighted by molar-refractivity contribution is 5.76. The average Bonchev–Trinajstić information content (AvgIpc) is 2.46. The third kappa shape index (κ3) is 4.66. The van der Waals surface area contributed by atoms with Crippen molar-refractivity contribution in [2.75, 3.05) is 20.7 Å². The van der Waals surface area contributed by atoms with Gasteiger partial charge < -0.3 is 20.1 Å². The summed E-state index contributed by atoms with van der Waals surface area (Å²) < 4.78 is 5.26. The molecular formula is C15H22N2O4. The molecule has 1 aromatic rings. The second-order valence-electron chi connectivity index (χ2n) is 5.03. The van der Waals surface area contributed by atoms with Crippen molar-refractivity contribution in [2.45, 2.75) is 19.9 Å². The van der Waals surface area contributed by atoms with Crippen LogP contribution in [-0.4, -0.2) is 42.7 Å². The van der Waals surface area contributed by atoms with Gasteiger partial charge in [-0.2, -0.15) is 0 Å². The minimum atomic E-state index is -0.924. The molecule has 2 N–H and O–H groups in total. The first-order chi connectivity index (χ1) is 9.86. The van der Waals surface area contributed by atoms with E-state index in [1.165, 1.54) is 4.90 Å². The molecule has 0 aliphatic heterocycles. The number of nitrogens with zero attached hydrogens (tertiary/aromatic N) is 1. The lowest BCUT2D eigenvalue weighted by atomic mass is 10.1. The van der Waals surface area contributed by atoms with Crippen molar-refractivity contribution in [3.8, 4) is 5.75 Å². The molecule has 0 spiro atoms. The summed E-state index contributed by atoms with van der Waals surface area (Å²) in [5.74, 6) is -0.832. The summed E-state index contributed by atoms with van der Waals surface area (Å²) in [6, 6.07) is 6.88. The first-order valence-electron chi connectivity index (χ1n) is 6.74. The standard InChI is InChI=1S/C15H22N2O4/c1-10(14(18)19)9-17(3)15(20)16-11(2)12-7-5-6-8-13(12)21-4/h5-8,10-11H,9H2,1-4H3,(H,16,20)(H,18,19). The molecule has 0 aromatic heterocycles. The molecule has 1 aromatic carbocycles. The van der Waals surface area contributed by atoms with Gasteiger partial charge in [-0.1, -0.05) is 25.1 Å². The lowest BCUT2D eigenvalue weighted by Gasteiger charge is -2.23. The average molecular weight is 294 g/mol. The van der Waals surface area contributed by atoms with Crippen LogP contribution in [0.1, 0.15) is 25.5 Å². The Kier molecular flexibility index (Phi) is 6.02. The number of methoxy groups -OCH3 is 1. The van der Waals surface area contributed by atoms with E-state index in [1.807, 2.05) is 31.2 Å². The third-order valence-corrected chi connectivity index (χ3v) is 3.26. The molecule has 0 saturated heterocycles. The molecule has 116 valence electrons. The minimum Gasteiger partial charge on any atom is -0.496 e. The Morgan fingerprint density at radius 3 is 2.52 bits per heavy atom. The number of hydrogen-bond donors (Lipinski definition) is 2. The fourth-order valence-corrected chi connectivity index (χ4v) is 1.97. The summed E-state index contributed by atoms with van der Waals surface area (Å²) in [5.41, 5.74) is 0.869. The Morgan fingerprint density at radius 2 is 1.95 bits per heavy atom. The minimum absolute atomic E-state index is 0.153. The van der Waals surface area contributed by atoms with E-state index in [1.54, 1.807) is 21.1 Å². The van der Waals surface area contributed by atoms with E-state index in [0.717, 1.165) is 5.56 Å². The van der Waals surface area contributed by atoms with Gasteiger partial charge in [-0.25, -0.2) is 4.79 Å². The lowest BCUT2D eigenvalue weighted by Crippen LogP contribution is -2.41. The van der Waals surface area contributed by atoms with Crippen molar-refractivity contribution >= 4 is 12.0 Å². The Hall–Kier alpha value is -2.24. The summed E-state index contributed by atoms with van der Waals surface area (Å²) in [6.45, 7) is 3.57. The van der Waals surface area contributed by atoms with Gasteiger partial charge in [0.05, 0.1) is 19.1 Å². The molecule has 0 radical (unpaired) electrons. The number of urea groups is 1. The van der Waals surface area contributed by atoms with Crippen molar-refractivity contribution < 1.29 is 19.4 Å². The monoisotopic (exact) mass is 294 g/mol. The van der Waals surface area contributed by atoms with E-state index in [-0.39, 0.29) is 18.6 Å². The van der Waals surface area contributed by atoms with Crippen LogP contribution in [-0.2, 0) is 4.79 Å². The molecule has 0 aliphatic rings. The zero-order valence-electron chi connectivity index (χ0n) is 12.8. The van der Waals surface area contributed by atoms with E-state index < -0.39 is 11.9 Å². The number of hydrogen-bond acceptors (Lipinski definition) is 3. The van der Waals surface area contributed by atoms with Gasteiger partial charge in [-0.3, -0.25) is 4.79 Å². The van der Waals surface area contributed by atoms with Crippen molar-refractivity contribution in [3.63, 3.8) is 0 Å². The van der Waals surface area contributed by atoms with Crippen LogP contribution in [0.5, 0.6) is 5.75 Å². The number of carbonyl (C=O) groups excluding carboxylic acids is 1. The topological polar surface area (TPSA) is 78.9 Å². The summed E-state index contributed by atoms with van der Waals surface area (Å²) >= 11 is 0. The number of amides is 2. The quantitative estimate of drug-likeness (QED) is 0.842. The predicted molar refractivity (Wildman–Crippen MR) is 79.4 cm³/mol. The van der Waals surface area contributed by atoms with Crippen LogP contribution >= 0.6 is 0 Å². The number of benzene rings is 1. The molecule has 0 saturated carbocycles. The number of para-hydroxylation sites is 1. The maximum Gasteiger partial charge on any atom is 0.317 e. The van der Waals surface area contributed by atoms with Crippen LogP contribution < -0.4 is 10.1 Å². The van der Waals surface area contributed by atoms with E-state index in [9.17, 15) is 9.59 Å². The Morgan fingerprint density at radius 1 is 1.33 bits per heavy atom. The number of aliphatic carboxylic acids is 1. The van der Waals surface area contributed by atoms with Crippen LogP contribution in [0.15, 0.2) is 24.3 Å². The second kappa shape index (κ2) is 7.52.